The van der Waals surface area contributed by atoms with E-state index in [-0.39, 0.29) is 56.6 Å². The fraction of sp³-hybridized carbons (Fsp3) is 0.528. The van der Waals surface area contributed by atoms with Crippen LogP contribution in [0.3, 0.4) is 0 Å². The van der Waals surface area contributed by atoms with Gasteiger partial charge in [0.1, 0.15) is 42.3 Å². The Bertz CT molecular complexity index is 2740. The van der Waals surface area contributed by atoms with Crippen molar-refractivity contribution in [2.24, 2.45) is 23.3 Å². The molecule has 1 saturated heterocycles. The fourth-order valence-electron chi connectivity index (χ4n) is 8.56. The number of carbonyl (C=O) groups is 10. The number of carbonyl (C=O) groups excluding carboxylic acids is 10. The molecule has 2 heterocycles. The average Bonchev–Trinajstić information content (AvgIpc) is 3.93. The molecular weight excluding hydrogens is 1040 g/mol. The van der Waals surface area contributed by atoms with Gasteiger partial charge in [0.15, 0.2) is 0 Å². The number of aromatic nitrogens is 1. The van der Waals surface area contributed by atoms with Crippen LogP contribution in [0, 0.1) is 11.8 Å². The molecule has 0 bridgehead atoms. The Hall–Kier alpha value is -7.42. The molecule has 15 N–H and O–H groups in total. The van der Waals surface area contributed by atoms with E-state index in [0.29, 0.717) is 28.5 Å². The summed E-state index contributed by atoms with van der Waals surface area (Å²) in [6.07, 6.45) is -2.04. The molecule has 3 aromatic rings. The van der Waals surface area contributed by atoms with E-state index in [4.69, 9.17) is 11.5 Å². The van der Waals surface area contributed by atoms with Crippen LogP contribution in [0.2, 0.25) is 0 Å². The van der Waals surface area contributed by atoms with E-state index in [1.807, 2.05) is 0 Å². The second kappa shape index (κ2) is 30.1. The monoisotopic (exact) mass is 1120 g/mol. The van der Waals surface area contributed by atoms with Crippen LogP contribution in [0.5, 0.6) is 0 Å². The summed E-state index contributed by atoms with van der Waals surface area (Å²) >= 11 is 4.03. The Kier molecular flexibility index (Phi) is 24.4. The first-order chi connectivity index (χ1) is 37.2. The van der Waals surface area contributed by atoms with Gasteiger partial charge >= 0.3 is 0 Å². The predicted molar refractivity (Wildman–Crippen MR) is 294 cm³/mol. The second-order valence-corrected chi connectivity index (χ2v) is 20.7. The molecule has 26 heteroatoms. The maximum absolute atomic E-state index is 14.2. The molecule has 25 nitrogen and oxygen atoms in total. The third-order valence-electron chi connectivity index (χ3n) is 13.3. The second-order valence-electron chi connectivity index (χ2n) is 20.3. The van der Waals surface area contributed by atoms with Gasteiger partial charge in [-0.25, -0.2) is 0 Å². The number of nitrogens with one attached hydrogen (secondary N) is 9. The van der Waals surface area contributed by atoms with Gasteiger partial charge < -0.3 is 74.1 Å². The minimum absolute atomic E-state index is 0.00205. The van der Waals surface area contributed by atoms with Gasteiger partial charge in [-0.15, -0.1) is 0 Å². The van der Waals surface area contributed by atoms with Crippen LogP contribution in [0.1, 0.15) is 107 Å². The third-order valence-corrected chi connectivity index (χ3v) is 13.7. The van der Waals surface area contributed by atoms with Gasteiger partial charge in [-0.3, -0.25) is 52.7 Å². The average molecular weight is 1120 g/mol. The Morgan fingerprint density at radius 3 is 1.89 bits per heavy atom. The number of nitrogens with zero attached hydrogens (tertiary/aromatic N) is 1. The number of hydrogen-bond acceptors (Lipinski definition) is 15. The summed E-state index contributed by atoms with van der Waals surface area (Å²) in [6.45, 7) is 10.7. The number of H-pyrrole nitrogens is 1. The molecule has 2 aromatic carbocycles. The van der Waals surface area contributed by atoms with Gasteiger partial charge in [0.2, 0.25) is 52.8 Å². The van der Waals surface area contributed by atoms with Crippen LogP contribution >= 0.6 is 12.6 Å². The van der Waals surface area contributed by atoms with Crippen molar-refractivity contribution in [3.05, 3.63) is 81.6 Å². The Labute approximate surface area is 463 Å². The topological polar surface area (TPSA) is 396 Å². The molecule has 10 amide bonds. The number of hydrogen-bond donors (Lipinski definition) is 14. The van der Waals surface area contributed by atoms with Crippen molar-refractivity contribution < 1.29 is 58.2 Å². The smallest absolute Gasteiger partial charge is 0.252 e. The molecule has 0 aliphatic carbocycles. The zero-order valence-corrected chi connectivity index (χ0v) is 46.3. The summed E-state index contributed by atoms with van der Waals surface area (Å²) in [5, 5.41) is 42.6. The summed E-state index contributed by atoms with van der Waals surface area (Å²) in [6, 6.07) is 4.26. The lowest BCUT2D eigenvalue weighted by atomic mass is 10.0. The number of thiol groups is 1. The molecule has 432 valence electrons. The largest absolute Gasteiger partial charge is 0.391 e. The molecule has 0 saturated carbocycles. The van der Waals surface area contributed by atoms with Crippen molar-refractivity contribution in [3.8, 4) is 0 Å². The Balaban J connectivity index is 1.43. The standard InChI is InChI=1S/C53H76N12O13S/c1-26(2)40(62-49(74)38-16-12-22-65(38)53(78)43(30(7)67)64-51(76)41(27(3)4)61-47(72)35(54)25-79)50(75)60-37(48(73)63-42(29(6)66)52(77)58-28(5)44(55)69)15-10-11-21-56-45(70)32-19-17-31(18-20-32)24-57-46(71)34-23-39(68)59-36-14-9-8-13-33(34)36/h8-9,13-14,17-20,23,26-30,35,37-38,40-43,66-67,79H,10-12,15-16,21-22,24-25,54H2,1-7H3,(H2,55,69)(H,56,70)(H,57,71)(H,58,77)(H,59,68)(H,60,75)(H,61,72)(H,62,74)(H,63,73)(H,64,76)/t28-,29+,30+,35-,37-,38-,40-,41-,42-,43-/m0/s1. The van der Waals surface area contributed by atoms with Crippen molar-refractivity contribution in [3.63, 3.8) is 0 Å². The van der Waals surface area contributed by atoms with E-state index in [1.54, 1.807) is 76.2 Å². The number of benzene rings is 2. The van der Waals surface area contributed by atoms with Crippen molar-refractivity contribution in [1.29, 1.82) is 0 Å². The highest BCUT2D eigenvalue weighted by Gasteiger charge is 2.42. The number of pyridine rings is 1. The minimum atomic E-state index is -1.61. The molecule has 79 heavy (non-hydrogen) atoms. The van der Waals surface area contributed by atoms with E-state index in [0.717, 1.165) is 0 Å². The molecule has 0 spiro atoms. The van der Waals surface area contributed by atoms with E-state index in [1.165, 1.54) is 31.7 Å². The number of aliphatic hydroxyl groups excluding tert-OH is 2. The number of rotatable bonds is 28. The lowest BCUT2D eigenvalue weighted by molar-refractivity contribution is -0.145. The van der Waals surface area contributed by atoms with Crippen molar-refractivity contribution >= 4 is 82.6 Å². The highest BCUT2D eigenvalue weighted by Crippen LogP contribution is 2.21. The lowest BCUT2D eigenvalue weighted by Crippen LogP contribution is -2.62. The third kappa shape index (κ3) is 18.3. The van der Waals surface area contributed by atoms with Gasteiger partial charge in [0, 0.05) is 47.9 Å². The van der Waals surface area contributed by atoms with Crippen LogP contribution in [-0.2, 0) is 44.9 Å². The molecule has 0 unspecified atom stereocenters. The predicted octanol–water partition coefficient (Wildman–Crippen LogP) is -1.91. The first-order valence-corrected chi connectivity index (χ1v) is 26.8. The molecule has 1 aromatic heterocycles. The van der Waals surface area contributed by atoms with Gasteiger partial charge in [-0.2, -0.15) is 12.6 Å². The normalized spacial score (nSPS) is 16.7. The van der Waals surface area contributed by atoms with Crippen LogP contribution in [0.4, 0.5) is 0 Å². The summed E-state index contributed by atoms with van der Waals surface area (Å²) in [4.78, 5) is 149. The zero-order chi connectivity index (χ0) is 58.8. The molecular formula is C53H76N12O13S. The number of aromatic amines is 1. The maximum atomic E-state index is 14.2. The molecule has 1 fully saturated rings. The fourth-order valence-corrected chi connectivity index (χ4v) is 8.73. The van der Waals surface area contributed by atoms with Crippen molar-refractivity contribution in [1.82, 2.24) is 52.4 Å². The number of fused-ring (bicyclic) bond motifs is 1. The van der Waals surface area contributed by atoms with E-state index >= 15 is 0 Å². The summed E-state index contributed by atoms with van der Waals surface area (Å²) < 4.78 is 0. The SMILES string of the molecule is CC(C)[C@H](NC(=O)[C@@H](N)CS)C(=O)N[C@H](C(=O)N1CCC[C@H]1C(=O)N[C@H](C(=O)N[C@@H](CCCCNC(=O)c1ccc(CNC(=O)c2cc(=O)[nH]c3ccccc23)cc1)C(=O)N[C@H](C(=O)N[C@@H](C)C(N)=O)[C@@H](C)O)C(C)C)[C@@H](C)O. The first kappa shape index (κ1) is 64.1. The molecule has 4 rings (SSSR count). The molecule has 1 aliphatic rings. The maximum Gasteiger partial charge on any atom is 0.252 e. The van der Waals surface area contributed by atoms with E-state index in [2.05, 4.69) is 60.1 Å². The number of likely N-dealkylation sites (tertiary alicyclic amines) is 1. The number of aliphatic hydroxyl groups is 2. The molecule has 0 radical (unpaired) electrons. The number of amides is 10. The van der Waals surface area contributed by atoms with Crippen LogP contribution < -0.4 is 59.6 Å². The highest BCUT2D eigenvalue weighted by atomic mass is 32.1. The van der Waals surface area contributed by atoms with Crippen molar-refractivity contribution in [2.75, 3.05) is 18.8 Å². The van der Waals surface area contributed by atoms with Gasteiger partial charge in [-0.05, 0) is 88.5 Å². The number of primary amides is 1. The van der Waals surface area contributed by atoms with Crippen LogP contribution in [0.25, 0.3) is 10.9 Å². The zero-order valence-electron chi connectivity index (χ0n) is 45.4. The highest BCUT2D eigenvalue weighted by molar-refractivity contribution is 7.80. The summed E-state index contributed by atoms with van der Waals surface area (Å²) in [7, 11) is 0. The quantitative estimate of drug-likeness (QED) is 0.0279. The van der Waals surface area contributed by atoms with Crippen LogP contribution in [0.15, 0.2) is 59.4 Å². The van der Waals surface area contributed by atoms with Gasteiger partial charge in [0.25, 0.3) is 11.8 Å². The summed E-state index contributed by atoms with van der Waals surface area (Å²) in [5.74, 6) is -8.49. The summed E-state index contributed by atoms with van der Waals surface area (Å²) in [5.41, 5.74) is 12.4. The van der Waals surface area contributed by atoms with Crippen LogP contribution in [-0.4, -0.2) is 159 Å². The van der Waals surface area contributed by atoms with E-state index in [9.17, 15) is 63.0 Å². The lowest BCUT2D eigenvalue weighted by Gasteiger charge is -2.33. The number of para-hydroxylation sites is 1. The van der Waals surface area contributed by atoms with Gasteiger partial charge in [-0.1, -0.05) is 58.0 Å². The number of unbranched alkanes of at least 4 members (excludes halogenated alkanes) is 1. The number of nitrogens with two attached hydrogens (primary N) is 2. The Morgan fingerprint density at radius 1 is 0.696 bits per heavy atom. The molecule has 1 aliphatic heterocycles. The minimum Gasteiger partial charge on any atom is -0.391 e. The molecule has 10 atom stereocenters. The van der Waals surface area contributed by atoms with E-state index < -0.39 is 137 Å². The van der Waals surface area contributed by atoms with Crippen molar-refractivity contribution in [2.45, 2.75) is 148 Å². The Morgan fingerprint density at radius 2 is 1.28 bits per heavy atom. The first-order valence-electron chi connectivity index (χ1n) is 26.2. The van der Waals surface area contributed by atoms with Gasteiger partial charge in [0.05, 0.1) is 23.8 Å².